The number of amides is 3. The average Bonchev–Trinajstić information content (AvgIpc) is 2.40. The van der Waals surface area contributed by atoms with Crippen molar-refractivity contribution < 1.29 is 19.1 Å². The summed E-state index contributed by atoms with van der Waals surface area (Å²) in [5, 5.41) is 0. The minimum atomic E-state index is -0.673. The summed E-state index contributed by atoms with van der Waals surface area (Å²) in [5.74, 6) is 2.08. The predicted octanol–water partition coefficient (Wildman–Crippen LogP) is 0.493. The summed E-state index contributed by atoms with van der Waals surface area (Å²) < 4.78 is 10.5. The van der Waals surface area contributed by atoms with Gasteiger partial charge in [-0.15, -0.1) is 6.42 Å². The van der Waals surface area contributed by atoms with Gasteiger partial charge in [0.1, 0.15) is 17.1 Å². The highest BCUT2D eigenvalue weighted by Gasteiger charge is 2.44. The molecule has 0 radical (unpaired) electrons. The maximum atomic E-state index is 12.0. The number of imide groups is 1. The van der Waals surface area contributed by atoms with Gasteiger partial charge in [-0.1, -0.05) is 21.9 Å². The molecule has 1 unspecified atom stereocenters. The number of fused-ring (bicyclic) bond motifs is 1. The number of rotatable bonds is 2. The van der Waals surface area contributed by atoms with Gasteiger partial charge < -0.3 is 9.47 Å². The molecule has 0 aromatic rings. The number of urea groups is 1. The Morgan fingerprint density at radius 2 is 2.33 bits per heavy atom. The van der Waals surface area contributed by atoms with Gasteiger partial charge in [-0.2, -0.15) is 0 Å². The lowest BCUT2D eigenvalue weighted by molar-refractivity contribution is -0.128. The van der Waals surface area contributed by atoms with Crippen molar-refractivity contribution in [1.29, 1.82) is 0 Å². The van der Waals surface area contributed by atoms with Crippen molar-refractivity contribution in [2.75, 3.05) is 26.8 Å². The van der Waals surface area contributed by atoms with E-state index in [1.54, 1.807) is 0 Å². The normalized spacial score (nSPS) is 23.5. The van der Waals surface area contributed by atoms with Crippen LogP contribution in [0.2, 0.25) is 0 Å². The van der Waals surface area contributed by atoms with Crippen molar-refractivity contribution in [1.82, 2.24) is 9.80 Å². The predicted molar refractivity (Wildman–Crippen MR) is 65.4 cm³/mol. The molecule has 1 atom stereocenters. The Morgan fingerprint density at radius 1 is 1.61 bits per heavy atom. The number of ether oxygens (including phenoxy) is 2. The molecule has 0 spiro atoms. The highest BCUT2D eigenvalue weighted by Crippen LogP contribution is 2.31. The molecule has 0 saturated carbocycles. The smallest absolute Gasteiger partial charge is 0.331 e. The van der Waals surface area contributed by atoms with Crippen LogP contribution >= 0.6 is 15.9 Å². The van der Waals surface area contributed by atoms with Crippen LogP contribution in [-0.2, 0) is 14.3 Å². The molecule has 1 saturated heterocycles. The Hall–Kier alpha value is -1.68. The molecule has 2 aliphatic rings. The van der Waals surface area contributed by atoms with Gasteiger partial charge in [0, 0.05) is 7.05 Å². The number of halogens is 1. The van der Waals surface area contributed by atoms with Gasteiger partial charge in [0.05, 0.1) is 6.54 Å². The molecule has 0 bridgehead atoms. The molecule has 2 heterocycles. The van der Waals surface area contributed by atoms with Crippen molar-refractivity contribution in [3.8, 4) is 12.3 Å². The van der Waals surface area contributed by atoms with Gasteiger partial charge in [0.25, 0.3) is 0 Å². The van der Waals surface area contributed by atoms with Crippen LogP contribution in [0, 0.1) is 12.3 Å². The summed E-state index contributed by atoms with van der Waals surface area (Å²) >= 11 is 3.24. The summed E-state index contributed by atoms with van der Waals surface area (Å²) in [4.78, 5) is 25.7. The van der Waals surface area contributed by atoms with E-state index in [0.717, 1.165) is 4.90 Å². The van der Waals surface area contributed by atoms with Crippen molar-refractivity contribution in [2.45, 2.75) is 4.83 Å². The summed E-state index contributed by atoms with van der Waals surface area (Å²) in [6.07, 6.45) is 5.10. The fraction of sp³-hybridized carbons (Fsp3) is 0.455. The Kier molecular flexibility index (Phi) is 3.48. The van der Waals surface area contributed by atoms with E-state index in [-0.39, 0.29) is 18.5 Å². The molecule has 18 heavy (non-hydrogen) atoms. The maximum Gasteiger partial charge on any atom is 0.331 e. The topological polar surface area (TPSA) is 59.1 Å². The summed E-state index contributed by atoms with van der Waals surface area (Å²) in [6.45, 7) is 0.693. The lowest BCUT2D eigenvalue weighted by Gasteiger charge is -2.39. The quantitative estimate of drug-likeness (QED) is 0.550. The van der Waals surface area contributed by atoms with E-state index in [0.29, 0.717) is 18.8 Å². The van der Waals surface area contributed by atoms with Crippen LogP contribution in [0.1, 0.15) is 0 Å². The van der Waals surface area contributed by atoms with Crippen molar-refractivity contribution in [2.24, 2.45) is 0 Å². The molecular weight excluding hydrogens is 304 g/mol. The lowest BCUT2D eigenvalue weighted by atomic mass is 10.2. The summed E-state index contributed by atoms with van der Waals surface area (Å²) in [7, 11) is 1.44. The number of hydrogen-bond donors (Lipinski definition) is 0. The van der Waals surface area contributed by atoms with E-state index in [1.165, 1.54) is 11.9 Å². The molecule has 96 valence electrons. The molecule has 6 nitrogen and oxygen atoms in total. The number of carbonyl (C=O) groups excluding carboxylic acids is 2. The summed E-state index contributed by atoms with van der Waals surface area (Å²) in [6, 6.07) is -0.393. The van der Waals surface area contributed by atoms with Crippen LogP contribution in [0.5, 0.6) is 0 Å². The summed E-state index contributed by atoms with van der Waals surface area (Å²) in [5.41, 5.74) is 0.379. The first-order valence-electron chi connectivity index (χ1n) is 5.24. The monoisotopic (exact) mass is 314 g/mol. The first-order chi connectivity index (χ1) is 8.57. The van der Waals surface area contributed by atoms with E-state index in [2.05, 4.69) is 21.9 Å². The van der Waals surface area contributed by atoms with Gasteiger partial charge in [-0.05, 0) is 0 Å². The number of alkyl halides is 1. The van der Waals surface area contributed by atoms with E-state index < -0.39 is 10.9 Å². The molecule has 1 fully saturated rings. The number of carbonyl (C=O) groups is 2. The largest absolute Gasteiger partial charge is 0.462 e. The minimum absolute atomic E-state index is 0.0185. The Labute approximate surface area is 113 Å². The van der Waals surface area contributed by atoms with Gasteiger partial charge in [-0.25, -0.2) is 4.79 Å². The standard InChI is InChI=1S/C11H11BrN2O4/c1-3-5-17-10-8-7(12)9(15)13(2)11(16)14(8)4-6-18-10/h1,7H,4-6H2,2H3. The molecule has 2 aliphatic heterocycles. The number of hydrogen-bond acceptors (Lipinski definition) is 4. The zero-order valence-corrected chi connectivity index (χ0v) is 11.3. The third kappa shape index (κ3) is 1.93. The highest BCUT2D eigenvalue weighted by atomic mass is 79.9. The van der Waals surface area contributed by atoms with E-state index >= 15 is 0 Å². The van der Waals surface area contributed by atoms with Crippen LogP contribution in [-0.4, -0.2) is 53.4 Å². The zero-order valence-electron chi connectivity index (χ0n) is 9.68. The molecular formula is C11H11BrN2O4. The van der Waals surface area contributed by atoms with Gasteiger partial charge >= 0.3 is 12.0 Å². The zero-order chi connectivity index (χ0) is 13.3. The van der Waals surface area contributed by atoms with Crippen LogP contribution in [0.3, 0.4) is 0 Å². The second-order valence-electron chi connectivity index (χ2n) is 3.71. The SMILES string of the molecule is C#CCOC1=C2C(Br)C(=O)N(C)C(=O)N2CCO1. The first kappa shape index (κ1) is 12.8. The molecule has 7 heteroatoms. The second-order valence-corrected chi connectivity index (χ2v) is 4.62. The highest BCUT2D eigenvalue weighted by molar-refractivity contribution is 9.10. The van der Waals surface area contributed by atoms with E-state index in [4.69, 9.17) is 15.9 Å². The second kappa shape index (κ2) is 4.90. The fourth-order valence-electron chi connectivity index (χ4n) is 1.76. The molecule has 0 N–H and O–H groups in total. The minimum Gasteiger partial charge on any atom is -0.462 e. The van der Waals surface area contributed by atoms with E-state index in [9.17, 15) is 9.59 Å². The lowest BCUT2D eigenvalue weighted by Crippen LogP contribution is -2.56. The van der Waals surface area contributed by atoms with Crippen LogP contribution in [0.15, 0.2) is 11.6 Å². The molecule has 0 aromatic carbocycles. The van der Waals surface area contributed by atoms with Gasteiger partial charge in [0.15, 0.2) is 6.61 Å². The van der Waals surface area contributed by atoms with Crippen LogP contribution in [0.4, 0.5) is 4.79 Å². The third-order valence-corrected chi connectivity index (χ3v) is 3.47. The van der Waals surface area contributed by atoms with Crippen molar-refractivity contribution in [3.05, 3.63) is 11.6 Å². The van der Waals surface area contributed by atoms with Crippen LogP contribution in [0.25, 0.3) is 0 Å². The Balaban J connectivity index is 2.39. The number of terminal acetylenes is 1. The van der Waals surface area contributed by atoms with Gasteiger partial charge in [0.2, 0.25) is 5.91 Å². The maximum absolute atomic E-state index is 12.0. The Bertz CT molecular complexity index is 468. The fourth-order valence-corrected chi connectivity index (χ4v) is 2.50. The first-order valence-corrected chi connectivity index (χ1v) is 6.16. The molecule has 2 rings (SSSR count). The molecule has 3 amide bonds. The average molecular weight is 315 g/mol. The molecule has 0 aromatic heterocycles. The van der Waals surface area contributed by atoms with Gasteiger partial charge in [-0.3, -0.25) is 14.6 Å². The Morgan fingerprint density at radius 3 is 3.00 bits per heavy atom. The third-order valence-electron chi connectivity index (χ3n) is 2.64. The van der Waals surface area contributed by atoms with Crippen molar-refractivity contribution in [3.63, 3.8) is 0 Å². The van der Waals surface area contributed by atoms with Crippen LogP contribution < -0.4 is 0 Å². The van der Waals surface area contributed by atoms with Crippen molar-refractivity contribution >= 4 is 27.9 Å². The number of nitrogens with zero attached hydrogens (tertiary/aromatic N) is 2. The molecule has 0 aliphatic carbocycles. The van der Waals surface area contributed by atoms with E-state index in [1.807, 2.05) is 0 Å².